The van der Waals surface area contributed by atoms with Gasteiger partial charge in [0.2, 0.25) is 0 Å². The first kappa shape index (κ1) is 13.8. The molecule has 5 heteroatoms. The third-order valence-corrected chi connectivity index (χ3v) is 2.69. The number of phenols is 1. The first-order valence-electron chi connectivity index (χ1n) is 5.43. The zero-order valence-electron chi connectivity index (χ0n) is 9.83. The first-order valence-corrected chi connectivity index (χ1v) is 5.43. The topological polar surface area (TPSA) is 23.5 Å². The van der Waals surface area contributed by atoms with E-state index >= 15 is 0 Å². The lowest BCUT2D eigenvalue weighted by molar-refractivity contribution is -0.150. The Hall–Kier alpha value is -1.23. The minimum absolute atomic E-state index is 0.0670. The van der Waals surface area contributed by atoms with E-state index in [-0.39, 0.29) is 11.8 Å². The highest BCUT2D eigenvalue weighted by Crippen LogP contribution is 2.26. The van der Waals surface area contributed by atoms with Crippen molar-refractivity contribution < 1.29 is 18.3 Å². The second kappa shape index (κ2) is 5.40. The summed E-state index contributed by atoms with van der Waals surface area (Å²) >= 11 is 0. The van der Waals surface area contributed by atoms with E-state index in [9.17, 15) is 18.3 Å². The molecule has 0 heterocycles. The lowest BCUT2D eigenvalue weighted by Gasteiger charge is -2.29. The van der Waals surface area contributed by atoms with Gasteiger partial charge in [-0.15, -0.1) is 0 Å². The Balaban J connectivity index is 2.82. The molecule has 1 N–H and O–H groups in total. The van der Waals surface area contributed by atoms with Crippen LogP contribution in [0.1, 0.15) is 25.5 Å². The summed E-state index contributed by atoms with van der Waals surface area (Å²) < 4.78 is 37.1. The Labute approximate surface area is 98.7 Å². The summed E-state index contributed by atoms with van der Waals surface area (Å²) in [6, 6.07) is 5.94. The molecule has 96 valence electrons. The van der Waals surface area contributed by atoms with Crippen LogP contribution in [0, 0.1) is 0 Å². The SMILES string of the molecule is CCN(CC(F)(F)F)C(C)c1cccc(O)c1. The molecule has 1 atom stereocenters. The summed E-state index contributed by atoms with van der Waals surface area (Å²) in [4.78, 5) is 1.31. The number of benzene rings is 1. The van der Waals surface area contributed by atoms with Gasteiger partial charge in [-0.3, -0.25) is 4.90 Å². The normalized spacial score (nSPS) is 14.0. The molecule has 1 unspecified atom stereocenters. The highest BCUT2D eigenvalue weighted by Gasteiger charge is 2.32. The molecule has 0 aliphatic carbocycles. The standard InChI is InChI=1S/C12H16F3NO/c1-3-16(8-12(13,14)15)9(2)10-5-4-6-11(17)7-10/h4-7,9,17H,3,8H2,1-2H3. The van der Waals surface area contributed by atoms with Crippen LogP contribution in [-0.4, -0.2) is 29.3 Å². The van der Waals surface area contributed by atoms with Gasteiger partial charge in [-0.05, 0) is 31.2 Å². The third kappa shape index (κ3) is 4.26. The molecule has 0 amide bonds. The number of hydrogen-bond acceptors (Lipinski definition) is 2. The molecule has 1 aromatic rings. The van der Waals surface area contributed by atoms with Crippen molar-refractivity contribution in [3.8, 4) is 5.75 Å². The fourth-order valence-corrected chi connectivity index (χ4v) is 1.75. The molecule has 0 spiro atoms. The van der Waals surface area contributed by atoms with Crippen LogP contribution in [0.4, 0.5) is 13.2 Å². The van der Waals surface area contributed by atoms with Crippen molar-refractivity contribution in [1.29, 1.82) is 0 Å². The fraction of sp³-hybridized carbons (Fsp3) is 0.500. The second-order valence-corrected chi connectivity index (χ2v) is 3.95. The quantitative estimate of drug-likeness (QED) is 0.882. The number of aromatic hydroxyl groups is 1. The lowest BCUT2D eigenvalue weighted by Crippen LogP contribution is -2.36. The molecule has 0 aliphatic rings. The van der Waals surface area contributed by atoms with Gasteiger partial charge in [0, 0.05) is 6.04 Å². The minimum atomic E-state index is -4.21. The van der Waals surface area contributed by atoms with Crippen LogP contribution in [0.25, 0.3) is 0 Å². The molecule has 0 fully saturated rings. The van der Waals surface area contributed by atoms with E-state index in [1.165, 1.54) is 17.0 Å². The molecule has 1 rings (SSSR count). The molecule has 0 radical (unpaired) electrons. The van der Waals surface area contributed by atoms with E-state index in [1.54, 1.807) is 26.0 Å². The van der Waals surface area contributed by atoms with Gasteiger partial charge < -0.3 is 5.11 Å². The number of hydrogen-bond donors (Lipinski definition) is 1. The van der Waals surface area contributed by atoms with Crippen molar-refractivity contribution in [2.24, 2.45) is 0 Å². The molecule has 0 aliphatic heterocycles. The number of halogens is 3. The molecule has 17 heavy (non-hydrogen) atoms. The molecule has 0 saturated carbocycles. The highest BCUT2D eigenvalue weighted by atomic mass is 19.4. The predicted molar refractivity (Wildman–Crippen MR) is 59.8 cm³/mol. The minimum Gasteiger partial charge on any atom is -0.508 e. The van der Waals surface area contributed by atoms with E-state index < -0.39 is 12.7 Å². The van der Waals surface area contributed by atoms with Gasteiger partial charge in [0.05, 0.1) is 6.54 Å². The van der Waals surface area contributed by atoms with E-state index in [4.69, 9.17) is 0 Å². The monoisotopic (exact) mass is 247 g/mol. The van der Waals surface area contributed by atoms with Crippen LogP contribution in [0.3, 0.4) is 0 Å². The molecular formula is C12H16F3NO. The Morgan fingerprint density at radius 2 is 2.00 bits per heavy atom. The fourth-order valence-electron chi connectivity index (χ4n) is 1.75. The van der Waals surface area contributed by atoms with E-state index in [1.807, 2.05) is 0 Å². The van der Waals surface area contributed by atoms with Crippen LogP contribution in [0.5, 0.6) is 5.75 Å². The first-order chi connectivity index (χ1) is 7.83. The number of phenolic OH excluding ortho intramolecular Hbond substituents is 1. The average Bonchev–Trinajstić information content (AvgIpc) is 2.23. The molecule has 1 aromatic carbocycles. The lowest BCUT2D eigenvalue weighted by atomic mass is 10.1. The molecular weight excluding hydrogens is 231 g/mol. The maximum atomic E-state index is 12.4. The van der Waals surface area contributed by atoms with Crippen LogP contribution in [0.2, 0.25) is 0 Å². The van der Waals surface area contributed by atoms with Crippen LogP contribution in [-0.2, 0) is 0 Å². The van der Waals surface area contributed by atoms with Gasteiger partial charge in [-0.2, -0.15) is 13.2 Å². The van der Waals surface area contributed by atoms with Crippen molar-refractivity contribution in [2.75, 3.05) is 13.1 Å². The summed E-state index contributed by atoms with van der Waals surface area (Å²) in [6.45, 7) is 2.74. The summed E-state index contributed by atoms with van der Waals surface area (Å²) in [7, 11) is 0. The Morgan fingerprint density at radius 1 is 1.35 bits per heavy atom. The summed E-state index contributed by atoms with van der Waals surface area (Å²) in [5.41, 5.74) is 0.677. The summed E-state index contributed by atoms with van der Waals surface area (Å²) in [5.74, 6) is 0.0670. The van der Waals surface area contributed by atoms with Gasteiger partial charge >= 0.3 is 6.18 Å². The van der Waals surface area contributed by atoms with Crippen molar-refractivity contribution in [2.45, 2.75) is 26.1 Å². The van der Waals surface area contributed by atoms with Crippen molar-refractivity contribution in [3.63, 3.8) is 0 Å². The molecule has 0 bridgehead atoms. The van der Waals surface area contributed by atoms with Crippen LogP contribution < -0.4 is 0 Å². The smallest absolute Gasteiger partial charge is 0.401 e. The average molecular weight is 247 g/mol. The van der Waals surface area contributed by atoms with E-state index in [0.29, 0.717) is 12.1 Å². The largest absolute Gasteiger partial charge is 0.508 e. The molecule has 0 saturated heterocycles. The van der Waals surface area contributed by atoms with Gasteiger partial charge in [-0.25, -0.2) is 0 Å². The molecule has 0 aromatic heterocycles. The zero-order valence-corrected chi connectivity index (χ0v) is 9.83. The van der Waals surface area contributed by atoms with Gasteiger partial charge in [0.25, 0.3) is 0 Å². The Bertz CT molecular complexity index is 365. The number of alkyl halides is 3. The maximum absolute atomic E-state index is 12.4. The number of rotatable bonds is 4. The van der Waals surface area contributed by atoms with Gasteiger partial charge in [-0.1, -0.05) is 19.1 Å². The zero-order chi connectivity index (χ0) is 13.1. The Morgan fingerprint density at radius 3 is 2.47 bits per heavy atom. The predicted octanol–water partition coefficient (Wildman–Crippen LogP) is 3.34. The summed E-state index contributed by atoms with van der Waals surface area (Å²) in [5, 5.41) is 9.31. The van der Waals surface area contributed by atoms with Crippen molar-refractivity contribution in [3.05, 3.63) is 29.8 Å². The van der Waals surface area contributed by atoms with Gasteiger partial charge in [0.15, 0.2) is 0 Å². The van der Waals surface area contributed by atoms with Gasteiger partial charge in [0.1, 0.15) is 5.75 Å². The summed E-state index contributed by atoms with van der Waals surface area (Å²) in [6.07, 6.45) is -4.21. The molecule has 2 nitrogen and oxygen atoms in total. The van der Waals surface area contributed by atoms with Crippen LogP contribution in [0.15, 0.2) is 24.3 Å². The van der Waals surface area contributed by atoms with Crippen molar-refractivity contribution >= 4 is 0 Å². The highest BCUT2D eigenvalue weighted by molar-refractivity contribution is 5.29. The number of nitrogens with zero attached hydrogens (tertiary/aromatic N) is 1. The third-order valence-electron chi connectivity index (χ3n) is 2.69. The Kier molecular flexibility index (Phi) is 4.40. The van der Waals surface area contributed by atoms with E-state index in [2.05, 4.69) is 0 Å². The van der Waals surface area contributed by atoms with E-state index in [0.717, 1.165) is 0 Å². The second-order valence-electron chi connectivity index (χ2n) is 3.95. The van der Waals surface area contributed by atoms with Crippen molar-refractivity contribution in [1.82, 2.24) is 4.90 Å². The van der Waals surface area contributed by atoms with Crippen LogP contribution >= 0.6 is 0 Å². The maximum Gasteiger partial charge on any atom is 0.401 e.